The molecule has 1 aromatic carbocycles. The van der Waals surface area contributed by atoms with Gasteiger partial charge < -0.3 is 16.0 Å². The van der Waals surface area contributed by atoms with Gasteiger partial charge in [-0.05, 0) is 31.4 Å². The summed E-state index contributed by atoms with van der Waals surface area (Å²) in [5.74, 6) is 1.49. The highest BCUT2D eigenvalue weighted by atomic mass is 35.5. The van der Waals surface area contributed by atoms with E-state index in [0.29, 0.717) is 44.9 Å². The van der Waals surface area contributed by atoms with Gasteiger partial charge in [0, 0.05) is 18.5 Å². The summed E-state index contributed by atoms with van der Waals surface area (Å²) in [7, 11) is 0. The number of hydrogen-bond acceptors (Lipinski definition) is 8. The van der Waals surface area contributed by atoms with Gasteiger partial charge in [0.05, 0.1) is 21.5 Å². The third-order valence-electron chi connectivity index (χ3n) is 4.94. The summed E-state index contributed by atoms with van der Waals surface area (Å²) >= 11 is 6.14. The van der Waals surface area contributed by atoms with Crippen molar-refractivity contribution in [2.24, 2.45) is 0 Å². The van der Waals surface area contributed by atoms with Crippen molar-refractivity contribution in [2.45, 2.75) is 38.6 Å². The summed E-state index contributed by atoms with van der Waals surface area (Å²) in [5, 5.41) is 4.76. The summed E-state index contributed by atoms with van der Waals surface area (Å²) in [4.78, 5) is 24.8. The van der Waals surface area contributed by atoms with Crippen LogP contribution < -0.4 is 17.0 Å². The Morgan fingerprint density at radius 3 is 2.55 bits per heavy atom. The minimum absolute atomic E-state index is 0.0246. The molecule has 1 saturated carbocycles. The number of hydrogen-bond donors (Lipinski definition) is 2. The molecule has 1 aliphatic rings. The molecular formula is C21H22ClN7O2. The normalized spacial score (nSPS) is 13.1. The maximum Gasteiger partial charge on any atom is 0.263 e. The Morgan fingerprint density at radius 1 is 1.19 bits per heavy atom. The molecule has 1 aliphatic carbocycles. The number of nitrogen functional groups attached to an aromatic ring is 2. The number of anilines is 2. The quantitative estimate of drug-likeness (QED) is 0.491. The molecule has 0 amide bonds. The highest BCUT2D eigenvalue weighted by Gasteiger charge is 2.28. The van der Waals surface area contributed by atoms with Crippen molar-refractivity contribution in [1.82, 2.24) is 24.7 Å². The standard InChI is InChI=1S/C14H15ClN2O.C7H7N5O/c1-2-4-12-16-11-6-3-5-10(15)13(11)14(18)17(12)9-7-8-9;8-6-5(4-1-2-13-12-4)7(9)11-3-10-6/h3,5-6,9H,2,4,7-8H2,1H3;1-3H,(H4,8,9,10,11). The molecule has 10 heteroatoms. The molecule has 1 fully saturated rings. The molecule has 4 aromatic rings. The Labute approximate surface area is 183 Å². The first kappa shape index (κ1) is 20.8. The molecular weight excluding hydrogens is 418 g/mol. The Bertz CT molecular complexity index is 1250. The van der Waals surface area contributed by atoms with Crippen LogP contribution in [0, 0.1) is 0 Å². The SMILES string of the molecule is CCCc1nc2cccc(Cl)c2c(=O)n1C1CC1.Nc1ncnc(N)c1-c1ccon1. The van der Waals surface area contributed by atoms with E-state index < -0.39 is 0 Å². The third kappa shape index (κ3) is 4.22. The number of benzene rings is 1. The summed E-state index contributed by atoms with van der Waals surface area (Å²) in [6.07, 6.45) is 6.72. The first-order valence-corrected chi connectivity index (χ1v) is 10.3. The van der Waals surface area contributed by atoms with E-state index in [1.807, 2.05) is 16.7 Å². The van der Waals surface area contributed by atoms with E-state index in [2.05, 4.69) is 31.6 Å². The van der Waals surface area contributed by atoms with Crippen LogP contribution in [0.4, 0.5) is 11.6 Å². The molecule has 9 nitrogen and oxygen atoms in total. The maximum absolute atomic E-state index is 12.6. The van der Waals surface area contributed by atoms with Crippen molar-refractivity contribution in [3.63, 3.8) is 0 Å². The van der Waals surface area contributed by atoms with Gasteiger partial charge in [0.2, 0.25) is 0 Å². The maximum atomic E-state index is 12.6. The van der Waals surface area contributed by atoms with Crippen molar-refractivity contribution in [2.75, 3.05) is 11.5 Å². The lowest BCUT2D eigenvalue weighted by Gasteiger charge is -2.12. The second-order valence-electron chi connectivity index (χ2n) is 7.22. The smallest absolute Gasteiger partial charge is 0.263 e. The summed E-state index contributed by atoms with van der Waals surface area (Å²) in [6.45, 7) is 2.10. The molecule has 3 aromatic heterocycles. The Balaban J connectivity index is 0.000000158. The molecule has 4 N–H and O–H groups in total. The average molecular weight is 440 g/mol. The van der Waals surface area contributed by atoms with Crippen LogP contribution in [0.5, 0.6) is 0 Å². The number of aromatic nitrogens is 5. The zero-order chi connectivity index (χ0) is 22.0. The fourth-order valence-electron chi connectivity index (χ4n) is 3.37. The van der Waals surface area contributed by atoms with Crippen molar-refractivity contribution < 1.29 is 4.52 Å². The third-order valence-corrected chi connectivity index (χ3v) is 5.25. The molecule has 0 atom stereocenters. The zero-order valence-electron chi connectivity index (χ0n) is 17.0. The molecule has 3 heterocycles. The number of halogens is 1. The molecule has 5 rings (SSSR count). The van der Waals surface area contributed by atoms with Crippen molar-refractivity contribution >= 4 is 34.1 Å². The van der Waals surface area contributed by atoms with Gasteiger partial charge in [-0.2, -0.15) is 0 Å². The van der Waals surface area contributed by atoms with Crippen LogP contribution in [0.3, 0.4) is 0 Å². The molecule has 0 unspecified atom stereocenters. The van der Waals surface area contributed by atoms with E-state index in [4.69, 9.17) is 23.1 Å². The van der Waals surface area contributed by atoms with Gasteiger partial charge in [-0.1, -0.05) is 29.7 Å². The lowest BCUT2D eigenvalue weighted by molar-refractivity contribution is 0.422. The number of rotatable bonds is 4. The minimum Gasteiger partial charge on any atom is -0.383 e. The lowest BCUT2D eigenvalue weighted by Crippen LogP contribution is -2.24. The predicted molar refractivity (Wildman–Crippen MR) is 120 cm³/mol. The summed E-state index contributed by atoms with van der Waals surface area (Å²) in [6, 6.07) is 7.44. The van der Waals surface area contributed by atoms with Crippen molar-refractivity contribution in [3.8, 4) is 11.3 Å². The Hall–Kier alpha value is -3.46. The van der Waals surface area contributed by atoms with E-state index in [-0.39, 0.29) is 5.56 Å². The van der Waals surface area contributed by atoms with Gasteiger partial charge in [0.25, 0.3) is 5.56 Å². The summed E-state index contributed by atoms with van der Waals surface area (Å²) < 4.78 is 6.52. The van der Waals surface area contributed by atoms with Crippen LogP contribution in [0.2, 0.25) is 5.02 Å². The number of fused-ring (bicyclic) bond motifs is 1. The molecule has 0 aliphatic heterocycles. The molecule has 0 radical (unpaired) electrons. The highest BCUT2D eigenvalue weighted by Crippen LogP contribution is 2.35. The summed E-state index contributed by atoms with van der Waals surface area (Å²) in [5.41, 5.74) is 13.0. The predicted octanol–water partition coefficient (Wildman–Crippen LogP) is 3.63. The number of aryl methyl sites for hydroxylation is 1. The van der Waals surface area contributed by atoms with Crippen LogP contribution >= 0.6 is 11.6 Å². The first-order chi connectivity index (χ1) is 15.0. The van der Waals surface area contributed by atoms with Crippen LogP contribution in [-0.4, -0.2) is 24.7 Å². The fraction of sp³-hybridized carbons (Fsp3) is 0.286. The van der Waals surface area contributed by atoms with Crippen molar-refractivity contribution in [1.29, 1.82) is 0 Å². The van der Waals surface area contributed by atoms with E-state index in [1.54, 1.807) is 12.1 Å². The van der Waals surface area contributed by atoms with Crippen LogP contribution in [0.25, 0.3) is 22.2 Å². The van der Waals surface area contributed by atoms with Gasteiger partial charge in [-0.25, -0.2) is 15.0 Å². The number of nitrogens with zero attached hydrogens (tertiary/aromatic N) is 5. The first-order valence-electron chi connectivity index (χ1n) is 9.97. The van der Waals surface area contributed by atoms with Gasteiger partial charge in [-0.15, -0.1) is 0 Å². The van der Waals surface area contributed by atoms with Crippen molar-refractivity contribution in [3.05, 3.63) is 58.1 Å². The molecule has 160 valence electrons. The van der Waals surface area contributed by atoms with Crippen LogP contribution in [0.15, 0.2) is 46.2 Å². The monoisotopic (exact) mass is 439 g/mol. The fourth-order valence-corrected chi connectivity index (χ4v) is 3.63. The van der Waals surface area contributed by atoms with Crippen LogP contribution in [-0.2, 0) is 6.42 Å². The second kappa shape index (κ2) is 8.73. The molecule has 0 spiro atoms. The molecule has 31 heavy (non-hydrogen) atoms. The van der Waals surface area contributed by atoms with E-state index >= 15 is 0 Å². The Morgan fingerprint density at radius 2 is 1.94 bits per heavy atom. The highest BCUT2D eigenvalue weighted by molar-refractivity contribution is 6.35. The second-order valence-corrected chi connectivity index (χ2v) is 7.63. The lowest BCUT2D eigenvalue weighted by atomic mass is 10.2. The van der Waals surface area contributed by atoms with Gasteiger partial charge in [0.15, 0.2) is 0 Å². The minimum atomic E-state index is 0.0246. The van der Waals surface area contributed by atoms with Gasteiger partial charge >= 0.3 is 0 Å². The van der Waals surface area contributed by atoms with E-state index in [0.717, 1.165) is 31.5 Å². The topological polar surface area (TPSA) is 139 Å². The van der Waals surface area contributed by atoms with E-state index in [9.17, 15) is 4.79 Å². The average Bonchev–Trinajstić information content (AvgIpc) is 3.42. The molecule has 0 bridgehead atoms. The van der Waals surface area contributed by atoms with Gasteiger partial charge in [0.1, 0.15) is 35.7 Å². The van der Waals surface area contributed by atoms with E-state index in [1.165, 1.54) is 12.6 Å². The largest absolute Gasteiger partial charge is 0.383 e. The van der Waals surface area contributed by atoms with Gasteiger partial charge in [-0.3, -0.25) is 9.36 Å². The molecule has 0 saturated heterocycles. The van der Waals surface area contributed by atoms with Crippen LogP contribution in [0.1, 0.15) is 38.1 Å². The number of nitrogens with two attached hydrogens (primary N) is 2. The zero-order valence-corrected chi connectivity index (χ0v) is 17.7. The Kier molecular flexibility index (Phi) is 5.85.